The number of ether oxygens (including phenoxy) is 2. The molecule has 26 heteroatoms. The number of nitrogens with zero attached hydrogens (tertiary/aromatic N) is 6. The lowest BCUT2D eigenvalue weighted by Gasteiger charge is -2.41. The van der Waals surface area contributed by atoms with E-state index in [9.17, 15) is 43.2 Å². The second kappa shape index (κ2) is 45.3. The molecule has 0 unspecified atom stereocenters. The zero-order valence-electron chi connectivity index (χ0n) is 62.7. The number of rotatable bonds is 44. The Balaban J connectivity index is 1.42. The van der Waals surface area contributed by atoms with Gasteiger partial charge in [-0.1, -0.05) is 144 Å². The van der Waals surface area contributed by atoms with Crippen molar-refractivity contribution in [2.24, 2.45) is 35.3 Å². The van der Waals surface area contributed by atoms with E-state index in [-0.39, 0.29) is 92.5 Å². The molecule has 1 saturated heterocycles. The topological polar surface area (TPSA) is 331 Å². The number of hydrogen-bond donors (Lipinski definition) is 8. The average molecular weight is 1420 g/mol. The van der Waals surface area contributed by atoms with Gasteiger partial charge in [-0.2, -0.15) is 0 Å². The van der Waals surface area contributed by atoms with Gasteiger partial charge in [0, 0.05) is 95.9 Å². The Morgan fingerprint density at radius 2 is 1.41 bits per heavy atom. The Kier molecular flexibility index (Phi) is 38.4. The lowest BCUT2D eigenvalue weighted by molar-refractivity contribution is -0.148. The first kappa shape index (κ1) is 85.7. The van der Waals surface area contributed by atoms with Gasteiger partial charge in [0.15, 0.2) is 5.16 Å². The van der Waals surface area contributed by atoms with E-state index in [1.807, 2.05) is 48.6 Å². The number of urea groups is 1. The summed E-state index contributed by atoms with van der Waals surface area (Å²) in [5, 5.41) is 20.7. The highest BCUT2D eigenvalue weighted by Crippen LogP contribution is 2.30. The summed E-state index contributed by atoms with van der Waals surface area (Å²) in [5.41, 5.74) is 7.56. The number of thioether (sulfide) groups is 1. The van der Waals surface area contributed by atoms with Gasteiger partial charge >= 0.3 is 6.03 Å². The van der Waals surface area contributed by atoms with E-state index in [0.29, 0.717) is 66.3 Å². The standard InChI is InChI=1S/C75H118N14O11S/c1-16-19-26-40-87(12)65(50(8)9)72(96)86-64(49(6)7)73(97)88(13)66(51(10)18-3)60(99-14)44-62(91)89-41-28-32-59(89)67(100-15)52(11)68(92)84-58(43-56-30-24-25-38-77-56)69(93)79-45-53-34-36-55(37-35-53)82-70(94)57(31-27-39-78-74(76)98)83-71(95)63(48(4)5)85-61(90)33-23-21-22-29-54-46-80-75(81-47-54)101-42-20-17-2/h24-25,30,34-38,46-52,57-60,63-67H,16-21,23,26-28,31-33,39-45H2,1-15H3,(H,79,93)(H,82,94)(H,83,95)(H,84,92)(H,85,90)(H,86,96)(H3,76,78,98)/t51-,52+,57-,58-,59-,60+,63-,64-,65-,66-,67+/m0/s1. The summed E-state index contributed by atoms with van der Waals surface area (Å²) in [4.78, 5) is 143. The van der Waals surface area contributed by atoms with Crippen LogP contribution in [0.4, 0.5) is 10.5 Å². The van der Waals surface area contributed by atoms with Gasteiger partial charge in [0.1, 0.15) is 24.2 Å². The summed E-state index contributed by atoms with van der Waals surface area (Å²) in [6.07, 6.45) is 12.0. The van der Waals surface area contributed by atoms with E-state index < -0.39 is 90.1 Å². The quantitative estimate of drug-likeness (QED) is 0.0117. The van der Waals surface area contributed by atoms with Crippen molar-refractivity contribution in [3.05, 3.63) is 77.9 Å². The number of likely N-dealkylation sites (N-methyl/N-ethyl adjacent to an activating group) is 2. The molecule has 0 saturated carbocycles. The zero-order chi connectivity index (χ0) is 74.7. The molecule has 3 heterocycles. The van der Waals surface area contributed by atoms with Crippen molar-refractivity contribution in [3.63, 3.8) is 0 Å². The van der Waals surface area contributed by atoms with Crippen molar-refractivity contribution in [2.45, 2.75) is 239 Å². The van der Waals surface area contributed by atoms with E-state index in [4.69, 9.17) is 15.2 Å². The molecule has 9 N–H and O–H groups in total. The Morgan fingerprint density at radius 3 is 2.01 bits per heavy atom. The fourth-order valence-electron chi connectivity index (χ4n) is 12.6. The molecule has 11 atom stereocenters. The number of unbranched alkanes of at least 4 members (excludes halogenated alkanes) is 4. The third-order valence-electron chi connectivity index (χ3n) is 18.6. The summed E-state index contributed by atoms with van der Waals surface area (Å²) in [6.45, 7) is 22.8. The maximum absolute atomic E-state index is 14.7. The van der Waals surface area contributed by atoms with Crippen LogP contribution in [-0.4, -0.2) is 191 Å². The van der Waals surface area contributed by atoms with Crippen LogP contribution in [0.3, 0.4) is 0 Å². The Morgan fingerprint density at radius 1 is 0.723 bits per heavy atom. The average Bonchev–Trinajstić information content (AvgIpc) is 1.80. The number of hydrogen-bond acceptors (Lipinski definition) is 16. The van der Waals surface area contributed by atoms with Gasteiger partial charge in [0.05, 0.1) is 48.2 Å². The van der Waals surface area contributed by atoms with Crippen LogP contribution in [0.5, 0.6) is 0 Å². The van der Waals surface area contributed by atoms with Gasteiger partial charge in [-0.05, 0) is 112 Å². The monoisotopic (exact) mass is 1420 g/mol. The molecule has 25 nitrogen and oxygen atoms in total. The predicted octanol–water partition coefficient (Wildman–Crippen LogP) is 7.55. The normalized spacial score (nSPS) is 15.9. The lowest BCUT2D eigenvalue weighted by atomic mass is 9.89. The molecular weight excluding hydrogens is 1300 g/mol. The van der Waals surface area contributed by atoms with Crippen molar-refractivity contribution < 1.29 is 52.6 Å². The first-order chi connectivity index (χ1) is 48.2. The summed E-state index contributed by atoms with van der Waals surface area (Å²) < 4.78 is 12.3. The molecule has 4 rings (SSSR count). The van der Waals surface area contributed by atoms with Gasteiger partial charge in [-0.3, -0.25) is 48.2 Å². The summed E-state index contributed by atoms with van der Waals surface area (Å²) >= 11 is 1.60. The molecule has 2 aromatic heterocycles. The van der Waals surface area contributed by atoms with Crippen LogP contribution in [0.25, 0.3) is 0 Å². The predicted molar refractivity (Wildman–Crippen MR) is 394 cm³/mol. The number of amides is 10. The lowest BCUT2D eigenvalue weighted by Crippen LogP contribution is -2.60. The molecule has 1 aromatic carbocycles. The second-order valence-electron chi connectivity index (χ2n) is 27.6. The smallest absolute Gasteiger partial charge is 0.312 e. The Hall–Kier alpha value is -7.73. The maximum Gasteiger partial charge on any atom is 0.312 e. The molecule has 0 radical (unpaired) electrons. The van der Waals surface area contributed by atoms with Gasteiger partial charge in [-0.15, -0.1) is 0 Å². The van der Waals surface area contributed by atoms with Gasteiger partial charge in [-0.25, -0.2) is 14.8 Å². The molecule has 3 aromatic rings. The molecule has 0 spiro atoms. The van der Waals surface area contributed by atoms with Crippen LogP contribution >= 0.6 is 11.8 Å². The number of benzene rings is 1. The van der Waals surface area contributed by atoms with Crippen molar-refractivity contribution >= 4 is 70.7 Å². The number of methoxy groups -OCH3 is 2. The summed E-state index contributed by atoms with van der Waals surface area (Å²) in [6, 6.07) is 5.82. The minimum Gasteiger partial charge on any atom is -0.379 e. The summed E-state index contributed by atoms with van der Waals surface area (Å²) in [7, 11) is 6.72. The highest BCUT2D eigenvalue weighted by Gasteiger charge is 2.44. The SMILES string of the molecule is CCCCCN(C)[C@H](C(=O)N[C@H](C(=O)N(C)[C@@H]([C@@H](C)CC)[C@@H](CC(=O)N1CCC[C@H]1[C@H](OC)[C@@H](C)C(=O)N[C@@H](Cc1ccccn1)C(=O)NCc1ccc(NC(=O)[C@H](CCCNC(N)=O)NC(=O)[C@@H](NC(=O)CCCC#Cc2cnc(SCCCC)nc2)C(C)C)cc1)OC)C(C)C)C(C)C. The van der Waals surface area contributed by atoms with Gasteiger partial charge < -0.3 is 62.2 Å². The van der Waals surface area contributed by atoms with E-state index in [0.717, 1.165) is 44.4 Å². The van der Waals surface area contributed by atoms with Crippen LogP contribution in [0, 0.1) is 41.4 Å². The molecule has 560 valence electrons. The van der Waals surface area contributed by atoms with Crippen molar-refractivity contribution in [3.8, 4) is 11.8 Å². The number of primary amides is 1. The molecule has 1 aliphatic rings. The van der Waals surface area contributed by atoms with E-state index in [1.165, 1.54) is 7.11 Å². The number of pyridine rings is 1. The van der Waals surface area contributed by atoms with Crippen molar-refractivity contribution in [1.29, 1.82) is 0 Å². The second-order valence-corrected chi connectivity index (χ2v) is 28.6. The van der Waals surface area contributed by atoms with Crippen LogP contribution in [-0.2, 0) is 60.8 Å². The van der Waals surface area contributed by atoms with Gasteiger partial charge in [0.2, 0.25) is 47.3 Å². The Bertz CT molecular complexity index is 3130. The van der Waals surface area contributed by atoms with Crippen LogP contribution < -0.4 is 43.0 Å². The number of aromatic nitrogens is 3. The van der Waals surface area contributed by atoms with Crippen molar-refractivity contribution in [2.75, 3.05) is 59.0 Å². The van der Waals surface area contributed by atoms with Crippen LogP contribution in [0.2, 0.25) is 0 Å². The van der Waals surface area contributed by atoms with Crippen molar-refractivity contribution in [1.82, 2.24) is 61.6 Å². The van der Waals surface area contributed by atoms with Crippen LogP contribution in [0.1, 0.15) is 183 Å². The molecule has 101 heavy (non-hydrogen) atoms. The maximum atomic E-state index is 14.7. The van der Waals surface area contributed by atoms with Gasteiger partial charge in [0.25, 0.3) is 0 Å². The highest BCUT2D eigenvalue weighted by atomic mass is 32.2. The number of carbonyl (C=O) groups is 9. The third-order valence-corrected chi connectivity index (χ3v) is 19.6. The number of likely N-dealkylation sites (tertiary alicyclic amines) is 1. The first-order valence-electron chi connectivity index (χ1n) is 36.3. The van der Waals surface area contributed by atoms with E-state index >= 15 is 0 Å². The molecule has 0 bridgehead atoms. The third kappa shape index (κ3) is 28.6. The fourth-order valence-corrected chi connectivity index (χ4v) is 13.5. The minimum absolute atomic E-state index is 0.00157. The molecule has 0 aliphatic carbocycles. The number of nitrogens with two attached hydrogens (primary N) is 1. The summed E-state index contributed by atoms with van der Waals surface area (Å²) in [5.74, 6) is 2.39. The Labute approximate surface area is 604 Å². The zero-order valence-corrected chi connectivity index (χ0v) is 63.5. The van der Waals surface area contributed by atoms with E-state index in [2.05, 4.69) is 82.8 Å². The fraction of sp³-hybridized carbons (Fsp3) is 0.653. The number of anilines is 1. The molecular formula is C75H118N14O11S. The number of nitrogens with one attached hydrogen (secondary N) is 7. The largest absolute Gasteiger partial charge is 0.379 e. The van der Waals surface area contributed by atoms with E-state index in [1.54, 1.807) is 118 Å². The van der Waals surface area contributed by atoms with Crippen LogP contribution in [0.15, 0.2) is 66.2 Å². The molecule has 1 aliphatic heterocycles. The highest BCUT2D eigenvalue weighted by molar-refractivity contribution is 7.99. The first-order valence-corrected chi connectivity index (χ1v) is 37.2. The molecule has 1 fully saturated rings. The number of carbonyl (C=O) groups excluding carboxylic acids is 9. The minimum atomic E-state index is -1.09. The molecule has 10 amide bonds.